The highest BCUT2D eigenvalue weighted by Gasteiger charge is 2.18. The van der Waals surface area contributed by atoms with Gasteiger partial charge < -0.3 is 9.47 Å². The van der Waals surface area contributed by atoms with Crippen LogP contribution in [0.5, 0.6) is 11.5 Å². The molecule has 1 aromatic heterocycles. The summed E-state index contributed by atoms with van der Waals surface area (Å²) in [4.78, 5) is 16.8. The largest absolute Gasteiger partial charge is 0.493 e. The molecule has 2 aromatic carbocycles. The molecule has 0 bridgehead atoms. The molecule has 0 atom stereocenters. The number of aromatic nitrogens is 1. The van der Waals surface area contributed by atoms with Gasteiger partial charge in [0.25, 0.3) is 0 Å². The number of nitrogens with one attached hydrogen (secondary N) is 1. The fraction of sp³-hybridized carbons (Fsp3) is 0.200. The van der Waals surface area contributed by atoms with Gasteiger partial charge in [-0.15, -0.1) is 0 Å². The number of carbonyl (C=O) groups is 1. The van der Waals surface area contributed by atoms with E-state index in [1.807, 2.05) is 0 Å². The standard InChI is InChI=1S/C20H21N3O5S2/c1-23(2)30(25,26)14-7-8-15-18(12-14)29-20(21-15)22-19(24)10-6-13-5-9-16(27-3)17(11-13)28-4/h5-12H,1-4H3,(H,21,22,24). The third-order valence-electron chi connectivity index (χ3n) is 4.20. The van der Waals surface area contributed by atoms with Gasteiger partial charge in [-0.2, -0.15) is 0 Å². The molecule has 1 amide bonds. The minimum atomic E-state index is -3.54. The first kappa shape index (κ1) is 21.8. The lowest BCUT2D eigenvalue weighted by atomic mass is 10.2. The Morgan fingerprint density at radius 1 is 1.10 bits per heavy atom. The molecule has 0 unspecified atom stereocenters. The molecule has 30 heavy (non-hydrogen) atoms. The number of ether oxygens (including phenoxy) is 2. The summed E-state index contributed by atoms with van der Waals surface area (Å²) in [5, 5.41) is 3.08. The van der Waals surface area contributed by atoms with Gasteiger partial charge in [0.15, 0.2) is 16.6 Å². The Bertz CT molecular complexity index is 1220. The van der Waals surface area contributed by atoms with Crippen LogP contribution in [0.4, 0.5) is 5.13 Å². The predicted molar refractivity (Wildman–Crippen MR) is 118 cm³/mol. The number of carbonyl (C=O) groups excluding carboxylic acids is 1. The van der Waals surface area contributed by atoms with Crippen LogP contribution in [0.25, 0.3) is 16.3 Å². The molecule has 3 aromatic rings. The van der Waals surface area contributed by atoms with E-state index in [1.165, 1.54) is 37.6 Å². The number of rotatable bonds is 7. The highest BCUT2D eigenvalue weighted by atomic mass is 32.2. The second kappa shape index (κ2) is 8.82. The summed E-state index contributed by atoms with van der Waals surface area (Å²) in [5.41, 5.74) is 1.38. The number of benzene rings is 2. The van der Waals surface area contributed by atoms with Gasteiger partial charge in [0, 0.05) is 20.2 Å². The first-order valence-electron chi connectivity index (χ1n) is 8.79. The van der Waals surface area contributed by atoms with Gasteiger partial charge in [-0.3, -0.25) is 10.1 Å². The van der Waals surface area contributed by atoms with E-state index in [0.717, 1.165) is 9.87 Å². The molecule has 0 radical (unpaired) electrons. The van der Waals surface area contributed by atoms with Crippen LogP contribution in [0, 0.1) is 0 Å². The number of thiazole rings is 1. The van der Waals surface area contributed by atoms with Crippen LogP contribution >= 0.6 is 11.3 Å². The van der Waals surface area contributed by atoms with Crippen LogP contribution in [-0.2, 0) is 14.8 Å². The van der Waals surface area contributed by atoms with E-state index in [0.29, 0.717) is 26.8 Å². The first-order chi connectivity index (χ1) is 14.2. The van der Waals surface area contributed by atoms with Crippen molar-refractivity contribution in [2.75, 3.05) is 33.6 Å². The number of methoxy groups -OCH3 is 2. The molecule has 1 N–H and O–H groups in total. The van der Waals surface area contributed by atoms with Gasteiger partial charge in [-0.25, -0.2) is 17.7 Å². The number of anilines is 1. The van der Waals surface area contributed by atoms with Crippen LogP contribution in [0.3, 0.4) is 0 Å². The number of nitrogens with zero attached hydrogens (tertiary/aromatic N) is 2. The lowest BCUT2D eigenvalue weighted by molar-refractivity contribution is -0.111. The zero-order chi connectivity index (χ0) is 21.9. The maximum atomic E-state index is 12.3. The highest BCUT2D eigenvalue weighted by Crippen LogP contribution is 2.29. The van der Waals surface area contributed by atoms with Crippen LogP contribution in [0.1, 0.15) is 5.56 Å². The van der Waals surface area contributed by atoms with E-state index >= 15 is 0 Å². The smallest absolute Gasteiger partial charge is 0.250 e. The van der Waals surface area contributed by atoms with Gasteiger partial charge in [-0.05, 0) is 42.0 Å². The summed E-state index contributed by atoms with van der Waals surface area (Å²) >= 11 is 1.20. The Kier molecular flexibility index (Phi) is 6.40. The van der Waals surface area contributed by atoms with Crippen molar-refractivity contribution in [2.24, 2.45) is 0 Å². The predicted octanol–water partition coefficient (Wildman–Crippen LogP) is 3.22. The van der Waals surface area contributed by atoms with Gasteiger partial charge in [0.1, 0.15) is 0 Å². The first-order valence-corrected chi connectivity index (χ1v) is 11.0. The van der Waals surface area contributed by atoms with Crippen LogP contribution < -0.4 is 14.8 Å². The molecule has 0 aliphatic carbocycles. The van der Waals surface area contributed by atoms with E-state index in [1.54, 1.807) is 50.6 Å². The zero-order valence-corrected chi connectivity index (χ0v) is 18.5. The summed E-state index contributed by atoms with van der Waals surface area (Å²) in [6, 6.07) is 9.99. The summed E-state index contributed by atoms with van der Waals surface area (Å²) in [6.07, 6.45) is 3.03. The Morgan fingerprint density at radius 3 is 2.50 bits per heavy atom. The Morgan fingerprint density at radius 2 is 1.83 bits per heavy atom. The van der Waals surface area contributed by atoms with Gasteiger partial charge in [0.2, 0.25) is 15.9 Å². The van der Waals surface area contributed by atoms with Crippen LogP contribution in [0.2, 0.25) is 0 Å². The molecule has 158 valence electrons. The minimum Gasteiger partial charge on any atom is -0.493 e. The van der Waals surface area contributed by atoms with Gasteiger partial charge >= 0.3 is 0 Å². The van der Waals surface area contributed by atoms with Crippen molar-refractivity contribution in [3.05, 3.63) is 48.0 Å². The maximum Gasteiger partial charge on any atom is 0.250 e. The third kappa shape index (κ3) is 4.61. The molecular weight excluding hydrogens is 426 g/mol. The molecule has 8 nitrogen and oxygen atoms in total. The number of hydrogen-bond acceptors (Lipinski definition) is 7. The topological polar surface area (TPSA) is 97.8 Å². The number of hydrogen-bond donors (Lipinski definition) is 1. The minimum absolute atomic E-state index is 0.176. The van der Waals surface area contributed by atoms with E-state index in [2.05, 4.69) is 10.3 Å². The highest BCUT2D eigenvalue weighted by molar-refractivity contribution is 7.89. The number of sulfonamides is 1. The lowest BCUT2D eigenvalue weighted by Crippen LogP contribution is -2.22. The van der Waals surface area contributed by atoms with Crippen molar-refractivity contribution in [3.8, 4) is 11.5 Å². The zero-order valence-electron chi connectivity index (χ0n) is 16.9. The second-order valence-corrected chi connectivity index (χ2v) is 9.56. The van der Waals surface area contributed by atoms with Crippen molar-refractivity contribution in [3.63, 3.8) is 0 Å². The monoisotopic (exact) mass is 447 g/mol. The van der Waals surface area contributed by atoms with Crippen molar-refractivity contribution < 1.29 is 22.7 Å². The molecule has 1 heterocycles. The molecule has 3 rings (SSSR count). The Hall–Kier alpha value is -2.95. The van der Waals surface area contributed by atoms with Crippen molar-refractivity contribution in [1.29, 1.82) is 0 Å². The lowest BCUT2D eigenvalue weighted by Gasteiger charge is -2.10. The summed E-state index contributed by atoms with van der Waals surface area (Å²) in [7, 11) is 2.51. The molecule has 0 spiro atoms. The van der Waals surface area contributed by atoms with Crippen molar-refractivity contribution in [2.45, 2.75) is 4.90 Å². The normalized spacial score (nSPS) is 11.9. The third-order valence-corrected chi connectivity index (χ3v) is 6.95. The molecule has 0 saturated heterocycles. The summed E-state index contributed by atoms with van der Waals surface area (Å²) in [5.74, 6) is 0.809. The van der Waals surface area contributed by atoms with Crippen LogP contribution in [0.15, 0.2) is 47.4 Å². The van der Waals surface area contributed by atoms with Crippen LogP contribution in [-0.4, -0.2) is 51.9 Å². The number of fused-ring (bicyclic) bond motifs is 1. The second-order valence-electron chi connectivity index (χ2n) is 6.37. The molecule has 0 saturated carbocycles. The van der Waals surface area contributed by atoms with Gasteiger partial charge in [-0.1, -0.05) is 17.4 Å². The Labute approximate surface area is 178 Å². The molecule has 0 aliphatic heterocycles. The summed E-state index contributed by atoms with van der Waals surface area (Å²) in [6.45, 7) is 0. The fourth-order valence-electron chi connectivity index (χ4n) is 2.61. The molecular formula is C20H21N3O5S2. The Balaban J connectivity index is 1.76. The fourth-order valence-corrected chi connectivity index (χ4v) is 4.52. The van der Waals surface area contributed by atoms with E-state index in [4.69, 9.17) is 9.47 Å². The SMILES string of the molecule is COc1ccc(C=CC(=O)Nc2nc3ccc(S(=O)(=O)N(C)C)cc3s2)cc1OC. The van der Waals surface area contributed by atoms with Gasteiger partial charge in [0.05, 0.1) is 29.3 Å². The average Bonchev–Trinajstić information content (AvgIpc) is 3.13. The van der Waals surface area contributed by atoms with Crippen molar-refractivity contribution in [1.82, 2.24) is 9.29 Å². The van der Waals surface area contributed by atoms with E-state index in [-0.39, 0.29) is 10.8 Å². The average molecular weight is 448 g/mol. The quantitative estimate of drug-likeness (QED) is 0.559. The molecule has 0 fully saturated rings. The van der Waals surface area contributed by atoms with Crippen molar-refractivity contribution >= 4 is 48.7 Å². The maximum absolute atomic E-state index is 12.3. The summed E-state index contributed by atoms with van der Waals surface area (Å²) < 4.78 is 36.8. The van der Waals surface area contributed by atoms with E-state index < -0.39 is 10.0 Å². The molecule has 0 aliphatic rings. The van der Waals surface area contributed by atoms with E-state index in [9.17, 15) is 13.2 Å². The molecule has 10 heteroatoms. The number of amides is 1.